The summed E-state index contributed by atoms with van der Waals surface area (Å²) in [7, 11) is 0. The Labute approximate surface area is 82.0 Å². The molecule has 74 valence electrons. The molecule has 5 N–H and O–H groups in total. The van der Waals surface area contributed by atoms with E-state index in [2.05, 4.69) is 0 Å². The largest absolute Gasteiger partial charge is 0.504 e. The second kappa shape index (κ2) is 4.91. The van der Waals surface area contributed by atoms with E-state index in [1.807, 2.05) is 0 Å². The number of hydrogen-bond acceptors (Lipinski definition) is 4. The number of halogens is 1. The fourth-order valence-corrected chi connectivity index (χ4v) is 0.877. The van der Waals surface area contributed by atoms with Crippen LogP contribution in [0.4, 0.5) is 0 Å². The van der Waals surface area contributed by atoms with Crippen molar-refractivity contribution in [3.8, 4) is 11.5 Å². The minimum absolute atomic E-state index is 0. The highest BCUT2D eigenvalue weighted by Crippen LogP contribution is 2.26. The summed E-state index contributed by atoms with van der Waals surface area (Å²) in [5, 5.41) is 26.7. The van der Waals surface area contributed by atoms with Crippen molar-refractivity contribution in [3.63, 3.8) is 0 Å². The van der Waals surface area contributed by atoms with Gasteiger partial charge in [-0.2, -0.15) is 0 Å². The molecule has 0 aliphatic rings. The van der Waals surface area contributed by atoms with E-state index in [9.17, 15) is 0 Å². The van der Waals surface area contributed by atoms with Gasteiger partial charge in [-0.3, -0.25) is 0 Å². The van der Waals surface area contributed by atoms with E-state index >= 15 is 0 Å². The van der Waals surface area contributed by atoms with E-state index in [0.717, 1.165) is 0 Å². The molecule has 0 fully saturated rings. The number of aliphatic hydroxyl groups is 1. The molecule has 0 amide bonds. The summed E-state index contributed by atoms with van der Waals surface area (Å²) in [6, 6.07) is 3.70. The van der Waals surface area contributed by atoms with Gasteiger partial charge in [-0.05, 0) is 17.7 Å². The van der Waals surface area contributed by atoms with Crippen LogP contribution in [0.1, 0.15) is 11.6 Å². The molecule has 0 radical (unpaired) electrons. The van der Waals surface area contributed by atoms with Crippen molar-refractivity contribution in [1.29, 1.82) is 0 Å². The van der Waals surface area contributed by atoms with Crippen LogP contribution in [-0.4, -0.2) is 21.9 Å². The number of nitrogens with two attached hydrogens (primary N) is 1. The number of hydrogen-bond donors (Lipinski definition) is 4. The Morgan fingerprint density at radius 2 is 1.85 bits per heavy atom. The Hall–Kier alpha value is -0.970. The van der Waals surface area contributed by atoms with Crippen molar-refractivity contribution in [2.24, 2.45) is 5.73 Å². The van der Waals surface area contributed by atoms with Crippen LogP contribution in [0.3, 0.4) is 0 Å². The van der Waals surface area contributed by atoms with E-state index in [1.54, 1.807) is 6.07 Å². The highest BCUT2D eigenvalue weighted by atomic mass is 35.5. The summed E-state index contributed by atoms with van der Waals surface area (Å²) in [6.45, 7) is -0.190. The molecule has 0 bridgehead atoms. The smallest absolute Gasteiger partial charge is 0.157 e. The number of phenols is 2. The number of benzene rings is 1. The highest BCUT2D eigenvalue weighted by Gasteiger charge is 2.06. The van der Waals surface area contributed by atoms with Gasteiger partial charge in [0.15, 0.2) is 11.5 Å². The zero-order valence-corrected chi connectivity index (χ0v) is 7.66. The Morgan fingerprint density at radius 1 is 1.23 bits per heavy atom. The molecule has 0 saturated carbocycles. The fraction of sp³-hybridized carbons (Fsp3) is 0.250. The standard InChI is InChI=1S/C8H11NO3.ClH/c9-6(4-10)5-1-2-7(11)8(12)3-5;/h1-3,6,10-12H,4,9H2;1H/t6-;/m0./s1. The first-order chi connectivity index (χ1) is 5.65. The summed E-state index contributed by atoms with van der Waals surface area (Å²) in [6.07, 6.45) is 0. The summed E-state index contributed by atoms with van der Waals surface area (Å²) in [5.41, 5.74) is 6.06. The molecule has 0 spiro atoms. The van der Waals surface area contributed by atoms with Crippen molar-refractivity contribution in [1.82, 2.24) is 0 Å². The molecule has 1 rings (SSSR count). The maximum absolute atomic E-state index is 9.06. The predicted octanol–water partition coefficient (Wildman–Crippen LogP) is 0.512. The van der Waals surface area contributed by atoms with E-state index < -0.39 is 6.04 Å². The molecule has 0 aliphatic carbocycles. The van der Waals surface area contributed by atoms with Crippen molar-refractivity contribution in [2.45, 2.75) is 6.04 Å². The third-order valence-corrected chi connectivity index (χ3v) is 1.62. The van der Waals surface area contributed by atoms with E-state index in [1.165, 1.54) is 12.1 Å². The van der Waals surface area contributed by atoms with Crippen molar-refractivity contribution < 1.29 is 15.3 Å². The Balaban J connectivity index is 0.00000144. The molecular weight excluding hydrogens is 194 g/mol. The third-order valence-electron chi connectivity index (χ3n) is 1.62. The van der Waals surface area contributed by atoms with E-state index in [0.29, 0.717) is 5.56 Å². The zero-order valence-electron chi connectivity index (χ0n) is 6.84. The normalized spacial score (nSPS) is 11.8. The molecule has 0 saturated heterocycles. The lowest BCUT2D eigenvalue weighted by atomic mass is 10.1. The van der Waals surface area contributed by atoms with Crippen LogP contribution >= 0.6 is 12.4 Å². The van der Waals surface area contributed by atoms with Gasteiger partial charge in [0.1, 0.15) is 0 Å². The van der Waals surface area contributed by atoms with Crippen LogP contribution in [0.15, 0.2) is 18.2 Å². The van der Waals surface area contributed by atoms with Crippen molar-refractivity contribution >= 4 is 12.4 Å². The lowest BCUT2D eigenvalue weighted by Gasteiger charge is -2.08. The number of phenolic OH excluding ortho intramolecular Hbond substituents is 2. The summed E-state index contributed by atoms with van der Waals surface area (Å²) in [4.78, 5) is 0. The minimum Gasteiger partial charge on any atom is -0.504 e. The lowest BCUT2D eigenvalue weighted by Crippen LogP contribution is -2.13. The Bertz CT molecular complexity index is 280. The average molecular weight is 206 g/mol. The van der Waals surface area contributed by atoms with Gasteiger partial charge in [0.2, 0.25) is 0 Å². The Kier molecular flexibility index (Phi) is 4.55. The zero-order chi connectivity index (χ0) is 9.14. The highest BCUT2D eigenvalue weighted by molar-refractivity contribution is 5.85. The number of aliphatic hydroxyl groups excluding tert-OH is 1. The number of aromatic hydroxyl groups is 2. The van der Waals surface area contributed by atoms with Crippen LogP contribution in [0.2, 0.25) is 0 Å². The van der Waals surface area contributed by atoms with Crippen LogP contribution in [0.25, 0.3) is 0 Å². The lowest BCUT2D eigenvalue weighted by molar-refractivity contribution is 0.267. The summed E-state index contributed by atoms with van der Waals surface area (Å²) >= 11 is 0. The maximum Gasteiger partial charge on any atom is 0.157 e. The minimum atomic E-state index is -0.517. The summed E-state index contributed by atoms with van der Waals surface area (Å²) in [5.74, 6) is -0.416. The van der Waals surface area contributed by atoms with Gasteiger partial charge in [0.25, 0.3) is 0 Å². The van der Waals surface area contributed by atoms with Crippen LogP contribution in [-0.2, 0) is 0 Å². The van der Waals surface area contributed by atoms with Crippen molar-refractivity contribution in [2.75, 3.05) is 6.61 Å². The van der Waals surface area contributed by atoms with Crippen LogP contribution in [0.5, 0.6) is 11.5 Å². The second-order valence-corrected chi connectivity index (χ2v) is 2.54. The van der Waals surface area contributed by atoms with Crippen LogP contribution in [0, 0.1) is 0 Å². The van der Waals surface area contributed by atoms with E-state index in [4.69, 9.17) is 21.1 Å². The first kappa shape index (κ1) is 12.0. The monoisotopic (exact) mass is 205 g/mol. The topological polar surface area (TPSA) is 86.7 Å². The molecule has 1 aromatic carbocycles. The fourth-order valence-electron chi connectivity index (χ4n) is 0.877. The quantitative estimate of drug-likeness (QED) is 0.530. The van der Waals surface area contributed by atoms with Crippen molar-refractivity contribution in [3.05, 3.63) is 23.8 Å². The molecule has 5 heteroatoms. The van der Waals surface area contributed by atoms with E-state index in [-0.39, 0.29) is 30.5 Å². The first-order valence-corrected chi connectivity index (χ1v) is 3.53. The third kappa shape index (κ3) is 2.77. The van der Waals surface area contributed by atoms with Gasteiger partial charge in [-0.1, -0.05) is 6.07 Å². The van der Waals surface area contributed by atoms with Gasteiger partial charge in [0, 0.05) is 0 Å². The van der Waals surface area contributed by atoms with Gasteiger partial charge < -0.3 is 21.1 Å². The number of rotatable bonds is 2. The SMILES string of the molecule is Cl.N[C@@H](CO)c1ccc(O)c(O)c1. The molecule has 13 heavy (non-hydrogen) atoms. The van der Waals surface area contributed by atoms with Gasteiger partial charge >= 0.3 is 0 Å². The molecule has 0 aromatic heterocycles. The Morgan fingerprint density at radius 3 is 2.31 bits per heavy atom. The predicted molar refractivity (Wildman–Crippen MR) is 51.0 cm³/mol. The maximum atomic E-state index is 9.06. The average Bonchev–Trinajstić information content (AvgIpc) is 2.08. The molecule has 0 unspecified atom stereocenters. The van der Waals surface area contributed by atoms with Gasteiger partial charge in [-0.15, -0.1) is 12.4 Å². The molecular formula is C8H12ClNO3. The second-order valence-electron chi connectivity index (χ2n) is 2.54. The molecule has 1 aromatic rings. The molecule has 4 nitrogen and oxygen atoms in total. The molecule has 0 heterocycles. The van der Waals surface area contributed by atoms with Gasteiger partial charge in [-0.25, -0.2) is 0 Å². The molecule has 1 atom stereocenters. The van der Waals surface area contributed by atoms with Crippen LogP contribution < -0.4 is 5.73 Å². The summed E-state index contributed by atoms with van der Waals surface area (Å²) < 4.78 is 0. The first-order valence-electron chi connectivity index (χ1n) is 3.53. The molecule has 0 aliphatic heterocycles. The van der Waals surface area contributed by atoms with Gasteiger partial charge in [0.05, 0.1) is 12.6 Å².